The number of hydrogen-bond acceptors (Lipinski definition) is 6. The van der Waals surface area contributed by atoms with Crippen LogP contribution >= 0.6 is 0 Å². The van der Waals surface area contributed by atoms with E-state index >= 15 is 0 Å². The number of methoxy groups -OCH3 is 1. The molecule has 8 heteroatoms. The van der Waals surface area contributed by atoms with Crippen LogP contribution in [0, 0.1) is 5.82 Å². The van der Waals surface area contributed by atoms with E-state index in [2.05, 4.69) is 16.8 Å². The lowest BCUT2D eigenvalue weighted by Crippen LogP contribution is -2.47. The van der Waals surface area contributed by atoms with Crippen molar-refractivity contribution in [1.82, 2.24) is 4.98 Å². The van der Waals surface area contributed by atoms with E-state index in [0.717, 1.165) is 22.9 Å². The SMILES string of the molecule is CCc1ccc2ncc(S(=O)(=O)c3ccc(OC)cc3)c(N3CCN(c4ccccc4F)CC3)c2c1. The molecule has 4 aromatic rings. The van der Waals surface area contributed by atoms with Crippen molar-refractivity contribution in [1.29, 1.82) is 0 Å². The van der Waals surface area contributed by atoms with Gasteiger partial charge in [-0.1, -0.05) is 25.1 Å². The first-order valence-electron chi connectivity index (χ1n) is 12.0. The quantitative estimate of drug-likeness (QED) is 0.363. The van der Waals surface area contributed by atoms with Crippen molar-refractivity contribution in [2.75, 3.05) is 43.1 Å². The summed E-state index contributed by atoms with van der Waals surface area (Å²) in [5.74, 6) is 0.332. The van der Waals surface area contributed by atoms with Crippen molar-refractivity contribution in [2.24, 2.45) is 0 Å². The van der Waals surface area contributed by atoms with Crippen LogP contribution in [0.2, 0.25) is 0 Å². The standard InChI is InChI=1S/C28H28FN3O3S/c1-3-20-8-13-25-23(18-20)28(32-16-14-31(15-17-32)26-7-5-4-6-24(26)29)27(19-30-25)36(33,34)22-11-9-21(35-2)10-12-22/h4-13,18-19H,3,14-17H2,1-2H3. The van der Waals surface area contributed by atoms with E-state index in [1.165, 1.54) is 12.3 Å². The van der Waals surface area contributed by atoms with Gasteiger partial charge < -0.3 is 14.5 Å². The third-order valence-corrected chi connectivity index (χ3v) is 8.50. The molecular weight excluding hydrogens is 477 g/mol. The molecule has 1 saturated heterocycles. The molecule has 0 N–H and O–H groups in total. The summed E-state index contributed by atoms with van der Waals surface area (Å²) in [4.78, 5) is 8.98. The second-order valence-corrected chi connectivity index (χ2v) is 10.7. The van der Waals surface area contributed by atoms with Crippen molar-refractivity contribution in [2.45, 2.75) is 23.1 Å². The van der Waals surface area contributed by atoms with Crippen LogP contribution in [-0.2, 0) is 16.3 Å². The number of halogens is 1. The average Bonchev–Trinajstić information content (AvgIpc) is 2.92. The monoisotopic (exact) mass is 505 g/mol. The first-order chi connectivity index (χ1) is 17.4. The highest BCUT2D eigenvalue weighted by molar-refractivity contribution is 7.91. The number of pyridine rings is 1. The van der Waals surface area contributed by atoms with Gasteiger partial charge in [-0.2, -0.15) is 0 Å². The largest absolute Gasteiger partial charge is 0.497 e. The molecule has 0 atom stereocenters. The van der Waals surface area contributed by atoms with Gasteiger partial charge in [0.15, 0.2) is 0 Å². The minimum absolute atomic E-state index is 0.174. The van der Waals surface area contributed by atoms with E-state index in [-0.39, 0.29) is 15.6 Å². The van der Waals surface area contributed by atoms with Crippen LogP contribution in [0.25, 0.3) is 10.9 Å². The predicted octanol–water partition coefficient (Wildman–Crippen LogP) is 5.10. The van der Waals surface area contributed by atoms with Crippen LogP contribution in [0.15, 0.2) is 82.7 Å². The Labute approximate surface area is 210 Å². The summed E-state index contributed by atoms with van der Waals surface area (Å²) in [6.07, 6.45) is 2.29. The topological polar surface area (TPSA) is 62.7 Å². The van der Waals surface area contributed by atoms with E-state index < -0.39 is 9.84 Å². The number of ether oxygens (including phenoxy) is 1. The van der Waals surface area contributed by atoms with Crippen LogP contribution < -0.4 is 14.5 Å². The lowest BCUT2D eigenvalue weighted by atomic mass is 10.1. The fourth-order valence-corrected chi connectivity index (χ4v) is 6.14. The van der Waals surface area contributed by atoms with Crippen LogP contribution in [0.5, 0.6) is 5.75 Å². The fourth-order valence-electron chi connectivity index (χ4n) is 4.71. The molecule has 0 unspecified atom stereocenters. The second kappa shape index (κ2) is 9.78. The first kappa shape index (κ1) is 24.1. The first-order valence-corrected chi connectivity index (χ1v) is 13.5. The fraction of sp³-hybridized carbons (Fsp3) is 0.250. The number of piperazine rings is 1. The summed E-state index contributed by atoms with van der Waals surface area (Å²) in [5, 5.41) is 0.809. The van der Waals surface area contributed by atoms with Crippen molar-refractivity contribution in [3.8, 4) is 5.75 Å². The van der Waals surface area contributed by atoms with E-state index in [0.29, 0.717) is 43.3 Å². The number of rotatable bonds is 6. The van der Waals surface area contributed by atoms with E-state index in [4.69, 9.17) is 4.74 Å². The number of benzene rings is 3. The molecule has 1 aliphatic heterocycles. The van der Waals surface area contributed by atoms with Crippen molar-refractivity contribution in [3.63, 3.8) is 0 Å². The maximum atomic E-state index is 14.4. The summed E-state index contributed by atoms with van der Waals surface area (Å²) in [5.41, 5.74) is 3.07. The highest BCUT2D eigenvalue weighted by Crippen LogP contribution is 2.37. The Balaban J connectivity index is 1.59. The van der Waals surface area contributed by atoms with Gasteiger partial charge in [0.1, 0.15) is 16.5 Å². The molecule has 0 aliphatic carbocycles. The maximum Gasteiger partial charge on any atom is 0.210 e. The number of hydrogen-bond donors (Lipinski definition) is 0. The molecule has 0 bridgehead atoms. The van der Waals surface area contributed by atoms with Crippen molar-refractivity contribution >= 4 is 32.1 Å². The molecule has 1 aromatic heterocycles. The van der Waals surface area contributed by atoms with Gasteiger partial charge in [-0.15, -0.1) is 0 Å². The Morgan fingerprint density at radius 1 is 0.944 bits per heavy atom. The van der Waals surface area contributed by atoms with Gasteiger partial charge in [0, 0.05) is 37.8 Å². The normalized spacial score (nSPS) is 14.3. The molecule has 1 fully saturated rings. The minimum atomic E-state index is -3.86. The molecular formula is C28H28FN3O3S. The van der Waals surface area contributed by atoms with Gasteiger partial charge in [0.2, 0.25) is 9.84 Å². The molecule has 3 aromatic carbocycles. The summed E-state index contributed by atoms with van der Waals surface area (Å²) < 4.78 is 47.3. The third kappa shape index (κ3) is 4.37. The highest BCUT2D eigenvalue weighted by atomic mass is 32.2. The number of para-hydroxylation sites is 1. The molecule has 0 saturated carbocycles. The lowest BCUT2D eigenvalue weighted by molar-refractivity contribution is 0.414. The summed E-state index contributed by atoms with van der Waals surface area (Å²) >= 11 is 0. The van der Waals surface area contributed by atoms with Gasteiger partial charge >= 0.3 is 0 Å². The van der Waals surface area contributed by atoms with Crippen molar-refractivity contribution in [3.05, 3.63) is 84.3 Å². The van der Waals surface area contributed by atoms with E-state index in [1.54, 1.807) is 43.5 Å². The molecule has 1 aliphatic rings. The molecule has 5 rings (SSSR count). The Kier molecular flexibility index (Phi) is 6.53. The van der Waals surface area contributed by atoms with E-state index in [9.17, 15) is 12.8 Å². The van der Waals surface area contributed by atoms with Crippen LogP contribution in [-0.4, -0.2) is 46.7 Å². The maximum absolute atomic E-state index is 14.4. The average molecular weight is 506 g/mol. The third-order valence-electron chi connectivity index (χ3n) is 6.73. The number of nitrogens with zero attached hydrogens (tertiary/aromatic N) is 3. The van der Waals surface area contributed by atoms with Gasteiger partial charge in [-0.25, -0.2) is 12.8 Å². The minimum Gasteiger partial charge on any atom is -0.497 e. The molecule has 186 valence electrons. The Morgan fingerprint density at radius 3 is 2.31 bits per heavy atom. The molecule has 0 spiro atoms. The smallest absolute Gasteiger partial charge is 0.210 e. The van der Waals surface area contributed by atoms with Gasteiger partial charge in [0.05, 0.1) is 28.9 Å². The Bertz CT molecular complexity index is 1500. The summed E-state index contributed by atoms with van der Waals surface area (Å²) in [6.45, 7) is 4.31. The molecule has 0 amide bonds. The highest BCUT2D eigenvalue weighted by Gasteiger charge is 2.29. The van der Waals surface area contributed by atoms with E-state index in [1.807, 2.05) is 29.2 Å². The Morgan fingerprint density at radius 2 is 1.64 bits per heavy atom. The van der Waals surface area contributed by atoms with Crippen molar-refractivity contribution < 1.29 is 17.5 Å². The van der Waals surface area contributed by atoms with Gasteiger partial charge in [-0.3, -0.25) is 4.98 Å². The number of sulfone groups is 1. The number of aryl methyl sites for hydroxylation is 1. The zero-order chi connectivity index (χ0) is 25.3. The molecule has 36 heavy (non-hydrogen) atoms. The van der Waals surface area contributed by atoms with Gasteiger partial charge in [0.25, 0.3) is 0 Å². The number of anilines is 2. The van der Waals surface area contributed by atoms with Crippen LogP contribution in [0.3, 0.4) is 0 Å². The van der Waals surface area contributed by atoms with Gasteiger partial charge in [-0.05, 0) is 60.5 Å². The second-order valence-electron chi connectivity index (χ2n) is 8.78. The molecule has 0 radical (unpaired) electrons. The molecule has 2 heterocycles. The summed E-state index contributed by atoms with van der Waals surface area (Å²) in [6, 6.07) is 19.1. The summed E-state index contributed by atoms with van der Waals surface area (Å²) in [7, 11) is -2.32. The molecule has 6 nitrogen and oxygen atoms in total. The zero-order valence-corrected chi connectivity index (χ0v) is 21.1. The zero-order valence-electron chi connectivity index (χ0n) is 20.3. The predicted molar refractivity (Wildman–Crippen MR) is 140 cm³/mol. The van der Waals surface area contributed by atoms with Crippen LogP contribution in [0.4, 0.5) is 15.8 Å². The number of aromatic nitrogens is 1. The lowest BCUT2D eigenvalue weighted by Gasteiger charge is -2.38. The van der Waals surface area contributed by atoms with Crippen LogP contribution in [0.1, 0.15) is 12.5 Å². The number of fused-ring (bicyclic) bond motifs is 1. The Hall–Kier alpha value is -3.65.